The van der Waals surface area contributed by atoms with Gasteiger partial charge in [0.05, 0.1) is 11.0 Å². The summed E-state index contributed by atoms with van der Waals surface area (Å²) in [6.07, 6.45) is 11.9. The Morgan fingerprint density at radius 1 is 0.696 bits per heavy atom. The normalized spacial score (nSPS) is 13.4. The van der Waals surface area contributed by atoms with Gasteiger partial charge >= 0.3 is 11.9 Å². The lowest BCUT2D eigenvalue weighted by atomic mass is 10.0. The van der Waals surface area contributed by atoms with Crippen molar-refractivity contribution in [2.24, 2.45) is 14.1 Å². The number of carbonyl (C=O) groups is 2. The van der Waals surface area contributed by atoms with E-state index in [9.17, 15) is 24.9 Å². The summed E-state index contributed by atoms with van der Waals surface area (Å²) in [5.74, 6) is -0.173. The van der Waals surface area contributed by atoms with Crippen molar-refractivity contribution in [2.75, 3.05) is 10.6 Å². The molecule has 4 aromatic heterocycles. The number of rotatable bonds is 9. The average molecular weight is 816 g/mol. The van der Waals surface area contributed by atoms with Gasteiger partial charge in [-0.2, -0.15) is 0 Å². The Labute approximate surface area is 332 Å². The van der Waals surface area contributed by atoms with E-state index in [0.29, 0.717) is 23.5 Å². The summed E-state index contributed by atoms with van der Waals surface area (Å²) in [6.45, 7) is 4.00. The van der Waals surface area contributed by atoms with Crippen LogP contribution in [0, 0.1) is 0 Å². The Kier molecular flexibility index (Phi) is 10.8. The molecule has 0 spiro atoms. The van der Waals surface area contributed by atoms with Gasteiger partial charge in [-0.25, -0.2) is 19.6 Å². The maximum Gasteiger partial charge on any atom is 0.339 e. The van der Waals surface area contributed by atoms with Crippen molar-refractivity contribution >= 4 is 72.7 Å². The molecule has 12 heteroatoms. The summed E-state index contributed by atoms with van der Waals surface area (Å²) in [4.78, 5) is 32.2. The fourth-order valence-electron chi connectivity index (χ4n) is 6.91. The molecule has 9 rings (SSSR count). The van der Waals surface area contributed by atoms with Crippen molar-refractivity contribution < 1.29 is 24.9 Å². The molecule has 7 aromatic rings. The second-order valence-electron chi connectivity index (χ2n) is 14.0. The van der Waals surface area contributed by atoms with Gasteiger partial charge in [0.2, 0.25) is 0 Å². The van der Waals surface area contributed by atoms with E-state index < -0.39 is 11.9 Å². The molecule has 2 aliphatic rings. The number of hydrogen-bond donors (Lipinski definition) is 5. The van der Waals surface area contributed by atoms with Crippen LogP contribution in [0.3, 0.4) is 0 Å². The number of hydrogen-bond acceptors (Lipinski definition) is 7. The molecule has 2 saturated carbocycles. The number of halogens is 1. The minimum atomic E-state index is -0.999. The Balaban J connectivity index is 0.000000168. The lowest BCUT2D eigenvalue weighted by Gasteiger charge is -2.14. The second kappa shape index (κ2) is 15.9. The van der Waals surface area contributed by atoms with E-state index in [1.807, 2.05) is 91.9 Å². The highest BCUT2D eigenvalue weighted by Gasteiger charge is 2.27. The number of nitrogens with zero attached hydrogens (tertiary/aromatic N) is 4. The lowest BCUT2D eigenvalue weighted by Crippen LogP contribution is -2.06. The largest absolute Gasteiger partial charge is 0.508 e. The molecule has 0 atom stereocenters. The minimum absolute atomic E-state index is 0.173. The van der Waals surface area contributed by atoms with Gasteiger partial charge in [0.1, 0.15) is 28.5 Å². The number of carboxylic acid groups (broad SMARTS) is 2. The molecule has 0 radical (unpaired) electrons. The number of fused-ring (bicyclic) bond motifs is 2. The van der Waals surface area contributed by atoms with Crippen molar-refractivity contribution in [1.82, 2.24) is 19.1 Å². The van der Waals surface area contributed by atoms with Gasteiger partial charge in [-0.3, -0.25) is 0 Å². The zero-order valence-electron chi connectivity index (χ0n) is 31.5. The minimum Gasteiger partial charge on any atom is -0.508 e. The molecule has 0 unspecified atom stereocenters. The summed E-state index contributed by atoms with van der Waals surface area (Å²) >= 11 is 3.58. The van der Waals surface area contributed by atoms with Crippen LogP contribution in [-0.2, 0) is 14.1 Å². The van der Waals surface area contributed by atoms with E-state index in [0.717, 1.165) is 85.6 Å². The molecule has 0 bridgehead atoms. The third kappa shape index (κ3) is 8.11. The van der Waals surface area contributed by atoms with Crippen LogP contribution in [0.1, 0.15) is 83.2 Å². The first-order valence-electron chi connectivity index (χ1n) is 18.7. The second-order valence-corrected chi connectivity index (χ2v) is 14.9. The van der Waals surface area contributed by atoms with Gasteiger partial charge in [0.25, 0.3) is 0 Å². The van der Waals surface area contributed by atoms with Gasteiger partial charge in [0, 0.05) is 71.1 Å². The van der Waals surface area contributed by atoms with Gasteiger partial charge < -0.3 is 35.1 Å². The molecule has 5 N–H and O–H groups in total. The highest BCUT2D eigenvalue weighted by Crippen LogP contribution is 2.42. The highest BCUT2D eigenvalue weighted by atomic mass is 79.9. The number of carboxylic acids is 2. The van der Waals surface area contributed by atoms with E-state index in [1.165, 1.54) is 0 Å². The number of anilines is 4. The monoisotopic (exact) mass is 814 g/mol. The van der Waals surface area contributed by atoms with Crippen LogP contribution in [0.2, 0.25) is 0 Å². The summed E-state index contributed by atoms with van der Waals surface area (Å²) < 4.78 is 5.01. The first-order valence-corrected chi connectivity index (χ1v) is 19.4. The summed E-state index contributed by atoms with van der Waals surface area (Å²) in [7, 11) is 3.96. The van der Waals surface area contributed by atoms with Crippen LogP contribution in [0.5, 0.6) is 5.75 Å². The van der Waals surface area contributed by atoms with Gasteiger partial charge in [-0.15, -0.1) is 0 Å². The maximum atomic E-state index is 11.8. The van der Waals surface area contributed by atoms with Crippen molar-refractivity contribution in [3.63, 3.8) is 0 Å². The number of aromatic hydroxyl groups is 1. The van der Waals surface area contributed by atoms with Crippen molar-refractivity contribution in [2.45, 2.75) is 51.4 Å². The quantitative estimate of drug-likeness (QED) is 0.0957. The summed E-state index contributed by atoms with van der Waals surface area (Å²) in [6, 6.07) is 22.5. The predicted molar refractivity (Wildman–Crippen MR) is 225 cm³/mol. The molecule has 3 aromatic carbocycles. The number of aryl methyl sites for hydroxylation is 2. The van der Waals surface area contributed by atoms with Crippen LogP contribution >= 0.6 is 15.9 Å². The standard InChI is InChI=1S/C24H21N3O3.C18H16BrN3O2.C2H6/c1-27-8-7-16-9-18(12-20(22(16)27)15-3-2-4-19(28)10-15)26-23-21(24(29)30)11-17(13-25-23)14-5-6-14;1-22-5-4-11-6-13(8-15(19)16(11)22)21-17-14(18(23)24)7-12(9-20-17)10-2-3-10;1-2/h2-4,7-14,28H,5-6H2,1H3,(H,25,26)(H,29,30);4-10H,2-3H2,1H3,(H,20,21)(H,23,24);1-2H3. The molecule has 2 fully saturated rings. The number of nitrogens with one attached hydrogen (secondary N) is 2. The zero-order chi connectivity index (χ0) is 39.7. The van der Waals surface area contributed by atoms with Crippen LogP contribution in [0.4, 0.5) is 23.0 Å². The van der Waals surface area contributed by atoms with E-state index in [-0.39, 0.29) is 16.9 Å². The number of aromatic carboxylic acids is 2. The average Bonchev–Trinajstić information content (AvgIpc) is 4.13. The number of benzene rings is 3. The number of aromatic nitrogens is 4. The van der Waals surface area contributed by atoms with Gasteiger partial charge in [-0.05, 0) is 131 Å². The van der Waals surface area contributed by atoms with Crippen molar-refractivity contribution in [3.8, 4) is 16.9 Å². The Hall–Kier alpha value is -6.14. The Morgan fingerprint density at radius 2 is 1.20 bits per heavy atom. The van der Waals surface area contributed by atoms with Crippen LogP contribution in [-0.4, -0.2) is 46.4 Å². The predicted octanol–water partition coefficient (Wildman–Crippen LogP) is 10.9. The highest BCUT2D eigenvalue weighted by molar-refractivity contribution is 9.10. The van der Waals surface area contributed by atoms with E-state index in [4.69, 9.17) is 0 Å². The number of pyridine rings is 2. The molecular formula is C44H43BrN6O5. The molecule has 286 valence electrons. The number of phenols is 1. The molecule has 11 nitrogen and oxygen atoms in total. The molecule has 0 amide bonds. The Bertz CT molecular complexity index is 2610. The topological polar surface area (TPSA) is 155 Å². The Morgan fingerprint density at radius 3 is 1.70 bits per heavy atom. The van der Waals surface area contributed by atoms with E-state index in [1.54, 1.807) is 42.7 Å². The molecule has 0 aliphatic heterocycles. The van der Waals surface area contributed by atoms with Gasteiger partial charge in [0.15, 0.2) is 0 Å². The maximum absolute atomic E-state index is 11.8. The van der Waals surface area contributed by atoms with Crippen molar-refractivity contribution in [3.05, 3.63) is 124 Å². The molecular weight excluding hydrogens is 772 g/mol. The fourth-order valence-corrected chi connectivity index (χ4v) is 7.66. The van der Waals surface area contributed by atoms with Crippen LogP contribution < -0.4 is 10.6 Å². The molecule has 56 heavy (non-hydrogen) atoms. The summed E-state index contributed by atoms with van der Waals surface area (Å²) in [5.41, 5.74) is 7.85. The van der Waals surface area contributed by atoms with Crippen LogP contribution in [0.15, 0.2) is 102 Å². The summed E-state index contributed by atoms with van der Waals surface area (Å²) in [5, 5.41) is 37.6. The third-order valence-electron chi connectivity index (χ3n) is 9.95. The SMILES string of the molecule is CC.Cn1ccc2cc(Nc3ncc(C4CC4)cc3C(=O)O)cc(-c3cccc(O)c3)c21.Cn1ccc2cc(Nc3ncc(C4CC4)cc3C(=O)O)cc(Br)c21. The molecule has 0 saturated heterocycles. The zero-order valence-corrected chi connectivity index (χ0v) is 33.1. The third-order valence-corrected chi connectivity index (χ3v) is 10.6. The molecule has 2 aliphatic carbocycles. The first kappa shape index (κ1) is 38.1. The lowest BCUT2D eigenvalue weighted by molar-refractivity contribution is 0.0686. The van der Waals surface area contributed by atoms with Gasteiger partial charge in [-0.1, -0.05) is 26.0 Å². The first-order chi connectivity index (χ1) is 27.0. The van der Waals surface area contributed by atoms with E-state index in [2.05, 4.69) is 36.5 Å². The fraction of sp³-hybridized carbons (Fsp3) is 0.227. The number of phenolic OH excluding ortho intramolecular Hbond substituents is 1. The van der Waals surface area contributed by atoms with Crippen molar-refractivity contribution in [1.29, 1.82) is 0 Å². The smallest absolute Gasteiger partial charge is 0.339 e. The molecule has 4 heterocycles. The van der Waals surface area contributed by atoms with E-state index >= 15 is 0 Å². The van der Waals surface area contributed by atoms with Crippen LogP contribution in [0.25, 0.3) is 32.9 Å².